The second kappa shape index (κ2) is 19.1. The van der Waals surface area contributed by atoms with Gasteiger partial charge in [-0.3, -0.25) is 0 Å². The summed E-state index contributed by atoms with van der Waals surface area (Å²) >= 11 is 0. The Labute approximate surface area is 279 Å². The van der Waals surface area contributed by atoms with Crippen molar-refractivity contribution in [3.05, 3.63) is 83.7 Å². The Morgan fingerprint density at radius 1 is 0.449 bits per heavy atom. The van der Waals surface area contributed by atoms with Gasteiger partial charge in [-0.05, 0) is 42.5 Å². The quantitative estimate of drug-likeness (QED) is 0.233. The second-order valence-electron chi connectivity index (χ2n) is 10.4. The number of fused-ring (bicyclic) bond motifs is 2. The third-order valence-corrected chi connectivity index (χ3v) is 6.22. The van der Waals surface area contributed by atoms with Crippen molar-refractivity contribution >= 4 is 7.81 Å². The fourth-order valence-corrected chi connectivity index (χ4v) is 4.11. The SMILES string of the molecule is F[P-](F)(F)(F)(F)F.Fc1ccc(C[NH2+]Cc2ccc3c(c2)OCCOCCOCCOc2ccccc2OCCOCCOCCO3)cc1. The molecule has 4 rings (SSSR count). The standard InChI is InChI=1S/C32H40FNO8.F6P/c33-28-8-5-26(6-9-28)24-34-25-27-7-10-31-32(23-27)42-22-18-38-14-13-36-16-20-40-30-4-2-1-3-29(30)39-19-15-35-11-12-37-17-21-41-31;1-7(2,3,4,5)6/h1-10,23,34H,11-22,24-25H2;/q;-1/p+1. The Kier molecular flexibility index (Phi) is 15.6. The fraction of sp³-hybridized carbons (Fsp3) is 0.438. The molecular formula is C32H41F7NO8P. The summed E-state index contributed by atoms with van der Waals surface area (Å²) in [4.78, 5) is 0. The number of para-hydroxylation sites is 2. The fourth-order valence-electron chi connectivity index (χ4n) is 4.11. The van der Waals surface area contributed by atoms with Crippen LogP contribution in [0.3, 0.4) is 0 Å². The molecule has 0 aliphatic carbocycles. The molecule has 0 unspecified atom stereocenters. The van der Waals surface area contributed by atoms with Crippen LogP contribution in [0, 0.1) is 5.82 Å². The molecule has 0 fully saturated rings. The average Bonchev–Trinajstić information content (AvgIpc) is 3.03. The molecule has 2 N–H and O–H groups in total. The zero-order chi connectivity index (χ0) is 35.5. The third-order valence-electron chi connectivity index (χ3n) is 6.22. The first kappa shape index (κ1) is 40.0. The van der Waals surface area contributed by atoms with E-state index in [1.807, 2.05) is 42.5 Å². The van der Waals surface area contributed by atoms with E-state index in [-0.39, 0.29) is 5.82 Å². The number of nitrogens with two attached hydrogens (primary N) is 1. The molecule has 0 saturated heterocycles. The summed E-state index contributed by atoms with van der Waals surface area (Å²) in [6, 6.07) is 20.0. The summed E-state index contributed by atoms with van der Waals surface area (Å²) in [6.07, 6.45) is 0. The Balaban J connectivity index is 0.000000838. The largest absolute Gasteiger partial charge is 0.487 e. The summed E-state index contributed by atoms with van der Waals surface area (Å²) < 4.78 is 119. The first-order valence-electron chi connectivity index (χ1n) is 15.4. The van der Waals surface area contributed by atoms with Gasteiger partial charge >= 0.3 is 33.0 Å². The average molecular weight is 732 g/mol. The second-order valence-corrected chi connectivity index (χ2v) is 12.3. The number of quaternary nitrogens is 1. The third kappa shape index (κ3) is 20.7. The molecule has 0 aromatic heterocycles. The van der Waals surface area contributed by atoms with Gasteiger partial charge in [0.25, 0.3) is 0 Å². The molecule has 9 nitrogen and oxygen atoms in total. The summed E-state index contributed by atoms with van der Waals surface area (Å²) in [6.45, 7) is 6.54. The summed E-state index contributed by atoms with van der Waals surface area (Å²) in [5.74, 6) is 2.41. The molecule has 0 radical (unpaired) electrons. The number of hydrogen-bond donors (Lipinski definition) is 1. The first-order valence-corrected chi connectivity index (χ1v) is 17.4. The summed E-state index contributed by atoms with van der Waals surface area (Å²) in [7, 11) is -10.7. The van der Waals surface area contributed by atoms with Gasteiger partial charge in [-0.2, -0.15) is 0 Å². The molecule has 276 valence electrons. The molecule has 17 heteroatoms. The Morgan fingerprint density at radius 3 is 1.24 bits per heavy atom. The van der Waals surface area contributed by atoms with Crippen LogP contribution in [-0.4, -0.2) is 79.3 Å². The van der Waals surface area contributed by atoms with E-state index in [0.717, 1.165) is 24.2 Å². The number of ether oxygens (including phenoxy) is 8. The van der Waals surface area contributed by atoms with Crippen LogP contribution in [0.1, 0.15) is 11.1 Å². The van der Waals surface area contributed by atoms with Crippen molar-refractivity contribution in [3.63, 3.8) is 0 Å². The zero-order valence-corrected chi connectivity index (χ0v) is 27.6. The maximum atomic E-state index is 13.2. The smallest absolute Gasteiger partial charge is 0.161 e. The molecule has 49 heavy (non-hydrogen) atoms. The number of rotatable bonds is 4. The molecule has 1 heterocycles. The molecule has 0 atom stereocenters. The Hall–Kier alpha value is -3.40. The number of benzene rings is 3. The van der Waals surface area contributed by atoms with Crippen molar-refractivity contribution in [2.75, 3.05) is 79.3 Å². The predicted octanol–water partition coefficient (Wildman–Crippen LogP) is 6.77. The molecule has 3 aromatic carbocycles. The van der Waals surface area contributed by atoms with E-state index in [1.54, 1.807) is 12.1 Å². The Morgan fingerprint density at radius 2 is 0.796 bits per heavy atom. The van der Waals surface area contributed by atoms with Gasteiger partial charge in [-0.1, -0.05) is 24.3 Å². The van der Waals surface area contributed by atoms with E-state index in [9.17, 15) is 29.6 Å². The van der Waals surface area contributed by atoms with Crippen LogP contribution in [0.5, 0.6) is 23.0 Å². The first-order chi connectivity index (χ1) is 23.2. The molecule has 0 bridgehead atoms. The van der Waals surface area contributed by atoms with Crippen LogP contribution >= 0.6 is 7.81 Å². The van der Waals surface area contributed by atoms with Crippen LogP contribution in [0.4, 0.5) is 29.6 Å². The van der Waals surface area contributed by atoms with E-state index in [2.05, 4.69) is 5.32 Å². The van der Waals surface area contributed by atoms with E-state index in [4.69, 9.17) is 37.9 Å². The van der Waals surface area contributed by atoms with Gasteiger partial charge in [0.15, 0.2) is 23.0 Å². The number of hydrogen-bond acceptors (Lipinski definition) is 8. The van der Waals surface area contributed by atoms with E-state index >= 15 is 0 Å². The summed E-state index contributed by atoms with van der Waals surface area (Å²) in [5, 5.41) is 2.16. The van der Waals surface area contributed by atoms with Gasteiger partial charge in [0.2, 0.25) is 0 Å². The van der Waals surface area contributed by atoms with E-state index < -0.39 is 7.81 Å². The topological polar surface area (TPSA) is 90.5 Å². The van der Waals surface area contributed by atoms with Crippen molar-refractivity contribution in [1.82, 2.24) is 0 Å². The van der Waals surface area contributed by atoms with E-state index in [0.29, 0.717) is 102 Å². The molecule has 0 amide bonds. The van der Waals surface area contributed by atoms with Crippen LogP contribution in [0.2, 0.25) is 0 Å². The van der Waals surface area contributed by atoms with Gasteiger partial charge in [-0.15, -0.1) is 0 Å². The molecule has 0 saturated carbocycles. The van der Waals surface area contributed by atoms with Crippen LogP contribution in [0.15, 0.2) is 66.7 Å². The van der Waals surface area contributed by atoms with Crippen molar-refractivity contribution in [2.45, 2.75) is 13.1 Å². The van der Waals surface area contributed by atoms with Crippen LogP contribution in [0.25, 0.3) is 0 Å². The van der Waals surface area contributed by atoms with Gasteiger partial charge in [0.1, 0.15) is 45.3 Å². The monoisotopic (exact) mass is 731 g/mol. The van der Waals surface area contributed by atoms with Gasteiger partial charge in [-0.25, -0.2) is 4.39 Å². The molecular weight excluding hydrogens is 690 g/mol. The van der Waals surface area contributed by atoms with Crippen molar-refractivity contribution in [1.29, 1.82) is 0 Å². The van der Waals surface area contributed by atoms with Crippen molar-refractivity contribution in [3.8, 4) is 23.0 Å². The maximum absolute atomic E-state index is 13.2. The summed E-state index contributed by atoms with van der Waals surface area (Å²) in [5.41, 5.74) is 2.15. The van der Waals surface area contributed by atoms with Gasteiger partial charge in [0, 0.05) is 11.1 Å². The van der Waals surface area contributed by atoms with E-state index in [1.165, 1.54) is 12.1 Å². The molecule has 3 aromatic rings. The van der Waals surface area contributed by atoms with Crippen molar-refractivity contribution in [2.24, 2.45) is 0 Å². The minimum Gasteiger partial charge on any atom is -0.487 e. The van der Waals surface area contributed by atoms with Crippen LogP contribution in [-0.2, 0) is 32.0 Å². The molecule has 1 aliphatic heterocycles. The minimum absolute atomic E-state index is 0.228. The maximum Gasteiger partial charge on any atom is 0.161 e. The normalized spacial score (nSPS) is 17.6. The molecule has 0 spiro atoms. The minimum atomic E-state index is -10.7. The van der Waals surface area contributed by atoms with Gasteiger partial charge in [0.05, 0.1) is 52.9 Å². The Bertz CT molecular complexity index is 1380. The predicted molar refractivity (Wildman–Crippen MR) is 167 cm³/mol. The van der Waals surface area contributed by atoms with Crippen LogP contribution < -0.4 is 24.3 Å². The zero-order valence-electron chi connectivity index (χ0n) is 26.7. The van der Waals surface area contributed by atoms with Crippen molar-refractivity contribution < 1.29 is 72.8 Å². The number of halogens is 7. The van der Waals surface area contributed by atoms with Gasteiger partial charge < -0.3 is 43.2 Å². The molecule has 1 aliphatic rings.